The molecular formula is C39H39FO7. The SMILES string of the molecule is CC(=O)CCCc1ccc(O[C@@H]2OC(C)(C)[C@H](C)[C@@H](OC(=O)c3ccccc3)[C@H]2OC(=O)c2ccccc2)cc1-c1cccc(F)c1. The fourth-order valence-electron chi connectivity index (χ4n) is 5.66. The molecule has 4 aromatic carbocycles. The van der Waals surface area contributed by atoms with E-state index in [-0.39, 0.29) is 11.6 Å². The second-order valence-electron chi connectivity index (χ2n) is 12.4. The van der Waals surface area contributed by atoms with E-state index < -0.39 is 42.0 Å². The third kappa shape index (κ3) is 8.32. The van der Waals surface area contributed by atoms with Gasteiger partial charge in [-0.15, -0.1) is 0 Å². The molecule has 47 heavy (non-hydrogen) atoms. The Hall–Kier alpha value is -4.82. The quantitative estimate of drug-likeness (QED) is 0.154. The topological polar surface area (TPSA) is 88.1 Å². The van der Waals surface area contributed by atoms with E-state index in [9.17, 15) is 18.8 Å². The van der Waals surface area contributed by atoms with Crippen molar-refractivity contribution in [3.63, 3.8) is 0 Å². The lowest BCUT2D eigenvalue weighted by atomic mass is 9.82. The van der Waals surface area contributed by atoms with Crippen LogP contribution in [0.2, 0.25) is 0 Å². The number of carbonyl (C=O) groups excluding carboxylic acids is 3. The van der Waals surface area contributed by atoms with Gasteiger partial charge in [0.1, 0.15) is 17.3 Å². The number of halogens is 1. The minimum Gasteiger partial charge on any atom is -0.461 e. The van der Waals surface area contributed by atoms with Gasteiger partial charge in [-0.1, -0.05) is 61.5 Å². The predicted octanol–water partition coefficient (Wildman–Crippen LogP) is 8.01. The van der Waals surface area contributed by atoms with Gasteiger partial charge in [0, 0.05) is 12.3 Å². The molecule has 0 aromatic heterocycles. The van der Waals surface area contributed by atoms with Gasteiger partial charge in [-0.25, -0.2) is 14.0 Å². The molecule has 4 aromatic rings. The summed E-state index contributed by atoms with van der Waals surface area (Å²) in [4.78, 5) is 38.4. The second-order valence-corrected chi connectivity index (χ2v) is 12.4. The average Bonchev–Trinajstić information content (AvgIpc) is 3.06. The molecule has 0 spiro atoms. The Kier molecular flexibility index (Phi) is 10.5. The first-order valence-corrected chi connectivity index (χ1v) is 15.8. The van der Waals surface area contributed by atoms with Gasteiger partial charge in [0.2, 0.25) is 12.4 Å². The van der Waals surface area contributed by atoms with Crippen LogP contribution in [0.15, 0.2) is 103 Å². The van der Waals surface area contributed by atoms with Crippen molar-refractivity contribution in [2.75, 3.05) is 0 Å². The highest BCUT2D eigenvalue weighted by Crippen LogP contribution is 2.40. The molecule has 5 rings (SSSR count). The predicted molar refractivity (Wildman–Crippen MR) is 175 cm³/mol. The van der Waals surface area contributed by atoms with E-state index in [1.54, 1.807) is 85.8 Å². The van der Waals surface area contributed by atoms with Gasteiger partial charge in [0.15, 0.2) is 6.10 Å². The fourth-order valence-corrected chi connectivity index (χ4v) is 5.66. The van der Waals surface area contributed by atoms with E-state index in [0.717, 1.165) is 11.1 Å². The van der Waals surface area contributed by atoms with Crippen molar-refractivity contribution in [3.05, 3.63) is 126 Å². The third-order valence-corrected chi connectivity index (χ3v) is 8.55. The van der Waals surface area contributed by atoms with Crippen LogP contribution in [-0.2, 0) is 25.4 Å². The van der Waals surface area contributed by atoms with Crippen LogP contribution in [0, 0.1) is 11.7 Å². The number of carbonyl (C=O) groups is 3. The zero-order chi connectivity index (χ0) is 33.6. The zero-order valence-electron chi connectivity index (χ0n) is 27.0. The summed E-state index contributed by atoms with van der Waals surface area (Å²) in [6.07, 6.45) is -1.58. The summed E-state index contributed by atoms with van der Waals surface area (Å²) < 4.78 is 39.4. The van der Waals surface area contributed by atoms with E-state index >= 15 is 0 Å². The first-order chi connectivity index (χ1) is 22.5. The van der Waals surface area contributed by atoms with Crippen LogP contribution >= 0.6 is 0 Å². The van der Waals surface area contributed by atoms with Gasteiger partial charge in [-0.2, -0.15) is 0 Å². The number of esters is 2. The number of ether oxygens (including phenoxy) is 4. The summed E-state index contributed by atoms with van der Waals surface area (Å²) in [5.74, 6) is -1.50. The minimum absolute atomic E-state index is 0.0992. The minimum atomic E-state index is -1.17. The van der Waals surface area contributed by atoms with Gasteiger partial charge in [0.25, 0.3) is 0 Å². The maximum absolute atomic E-state index is 14.3. The number of rotatable bonds is 11. The maximum atomic E-state index is 14.3. The van der Waals surface area contributed by atoms with E-state index in [1.807, 2.05) is 32.9 Å². The Balaban J connectivity index is 1.51. The highest BCUT2D eigenvalue weighted by atomic mass is 19.1. The summed E-state index contributed by atoms with van der Waals surface area (Å²) in [6.45, 7) is 7.16. The lowest BCUT2D eigenvalue weighted by Gasteiger charge is -2.48. The van der Waals surface area contributed by atoms with Crippen LogP contribution in [-0.4, -0.2) is 41.8 Å². The van der Waals surface area contributed by atoms with E-state index in [2.05, 4.69) is 0 Å². The molecule has 0 N–H and O–H groups in total. The molecule has 0 aliphatic carbocycles. The lowest BCUT2D eigenvalue weighted by molar-refractivity contribution is -0.283. The number of benzene rings is 4. The van der Waals surface area contributed by atoms with Gasteiger partial charge < -0.3 is 23.7 Å². The number of ketones is 1. The molecule has 0 radical (unpaired) electrons. The molecule has 0 unspecified atom stereocenters. The van der Waals surface area contributed by atoms with E-state index in [1.165, 1.54) is 12.1 Å². The van der Waals surface area contributed by atoms with E-state index in [4.69, 9.17) is 18.9 Å². The summed E-state index contributed by atoms with van der Waals surface area (Å²) in [7, 11) is 0. The number of hydrogen-bond acceptors (Lipinski definition) is 7. The Morgan fingerprint density at radius 2 is 1.40 bits per heavy atom. The Morgan fingerprint density at radius 1 is 0.787 bits per heavy atom. The summed E-state index contributed by atoms with van der Waals surface area (Å²) >= 11 is 0. The highest BCUT2D eigenvalue weighted by molar-refractivity contribution is 5.90. The largest absolute Gasteiger partial charge is 0.461 e. The molecular weight excluding hydrogens is 599 g/mol. The molecule has 244 valence electrons. The summed E-state index contributed by atoms with van der Waals surface area (Å²) in [6, 6.07) is 28.8. The van der Waals surface area contributed by atoms with Crippen molar-refractivity contribution in [1.29, 1.82) is 0 Å². The molecule has 0 saturated carbocycles. The summed E-state index contributed by atoms with van der Waals surface area (Å²) in [5.41, 5.74) is 2.12. The third-order valence-electron chi connectivity index (χ3n) is 8.55. The van der Waals surface area contributed by atoms with Crippen LogP contribution in [0.1, 0.15) is 66.8 Å². The first kappa shape index (κ1) is 33.5. The van der Waals surface area contributed by atoms with Gasteiger partial charge in [0.05, 0.1) is 16.7 Å². The van der Waals surface area contributed by atoms with Crippen molar-refractivity contribution in [2.45, 2.75) is 71.1 Å². The molecule has 1 aliphatic rings. The monoisotopic (exact) mass is 638 g/mol. The number of hydrogen-bond donors (Lipinski definition) is 0. The second kappa shape index (κ2) is 14.7. The van der Waals surface area contributed by atoms with Crippen molar-refractivity contribution < 1.29 is 37.7 Å². The first-order valence-electron chi connectivity index (χ1n) is 15.8. The molecule has 8 heteroatoms. The van der Waals surface area contributed by atoms with Crippen molar-refractivity contribution in [2.24, 2.45) is 5.92 Å². The van der Waals surface area contributed by atoms with Crippen LogP contribution < -0.4 is 4.74 Å². The fraction of sp³-hybridized carbons (Fsp3) is 0.308. The molecule has 1 saturated heterocycles. The van der Waals surface area contributed by atoms with Gasteiger partial charge in [-0.3, -0.25) is 0 Å². The molecule has 0 bridgehead atoms. The van der Waals surface area contributed by atoms with Crippen LogP contribution in [0.4, 0.5) is 4.39 Å². The molecule has 4 atom stereocenters. The van der Waals surface area contributed by atoms with Crippen LogP contribution in [0.25, 0.3) is 11.1 Å². The lowest BCUT2D eigenvalue weighted by Crippen LogP contribution is -2.62. The van der Waals surface area contributed by atoms with Crippen molar-refractivity contribution >= 4 is 17.7 Å². The number of Topliss-reactive ketones (excluding diaryl/α,β-unsaturated/α-hetero) is 1. The van der Waals surface area contributed by atoms with E-state index in [0.29, 0.717) is 41.7 Å². The number of aryl methyl sites for hydroxylation is 1. The van der Waals surface area contributed by atoms with Crippen LogP contribution in [0.5, 0.6) is 5.75 Å². The Morgan fingerprint density at radius 3 is 2.00 bits per heavy atom. The average molecular weight is 639 g/mol. The van der Waals surface area contributed by atoms with Gasteiger partial charge >= 0.3 is 11.9 Å². The standard InChI is InChI=1S/C39H39FO7/c1-25(41)13-11-18-27-21-22-32(24-33(27)30-19-12-20-31(40)23-30)44-38-35(46-37(43)29-16-9-6-10-17-29)34(26(2)39(3,4)47-38)45-36(42)28-14-7-5-8-15-28/h5-10,12,14-17,19-24,26,34-35,38H,11,13,18H2,1-4H3/t26-,34-,35-,38-/m1/s1. The highest BCUT2D eigenvalue weighted by Gasteiger charge is 2.53. The Labute approximate surface area is 274 Å². The molecule has 1 aliphatic heterocycles. The van der Waals surface area contributed by atoms with Crippen molar-refractivity contribution in [3.8, 4) is 16.9 Å². The summed E-state index contributed by atoms with van der Waals surface area (Å²) in [5, 5.41) is 0. The molecule has 0 amide bonds. The smallest absolute Gasteiger partial charge is 0.338 e. The molecule has 1 heterocycles. The van der Waals surface area contributed by atoms with Crippen molar-refractivity contribution in [1.82, 2.24) is 0 Å². The molecule has 1 fully saturated rings. The zero-order valence-corrected chi connectivity index (χ0v) is 27.0. The Bertz CT molecular complexity index is 1700. The normalized spacial score (nSPS) is 20.2. The molecule has 7 nitrogen and oxygen atoms in total. The maximum Gasteiger partial charge on any atom is 0.338 e. The van der Waals surface area contributed by atoms with Gasteiger partial charge in [-0.05, 0) is 98.8 Å². The van der Waals surface area contributed by atoms with Crippen LogP contribution in [0.3, 0.4) is 0 Å².